The zero-order valence-electron chi connectivity index (χ0n) is 12.9. The van der Waals surface area contributed by atoms with Crippen LogP contribution in [-0.4, -0.2) is 43.4 Å². The number of aromatic nitrogens is 4. The predicted molar refractivity (Wildman–Crippen MR) is 83.2 cm³/mol. The summed E-state index contributed by atoms with van der Waals surface area (Å²) in [6, 6.07) is 0. The maximum Gasteiger partial charge on any atom is 0.328 e. The van der Waals surface area contributed by atoms with Crippen LogP contribution in [0.25, 0.3) is 0 Å². The summed E-state index contributed by atoms with van der Waals surface area (Å²) < 4.78 is 0.977. The summed E-state index contributed by atoms with van der Waals surface area (Å²) in [6.45, 7) is 1.27. The summed E-state index contributed by atoms with van der Waals surface area (Å²) in [7, 11) is 1.39. The molecule has 2 aromatic rings. The highest BCUT2D eigenvalue weighted by atomic mass is 16.2. The summed E-state index contributed by atoms with van der Waals surface area (Å²) in [5, 5.41) is 0. The SMILES string of the molecule is Cn1c(=O)[nH]cc(CC(=O)N2CCCC(c3ncc[nH]3)C2)c1=O. The number of hydrogen-bond acceptors (Lipinski definition) is 4. The zero-order valence-corrected chi connectivity index (χ0v) is 12.9. The van der Waals surface area contributed by atoms with E-state index in [1.807, 2.05) is 0 Å². The Morgan fingerprint density at radius 3 is 2.96 bits per heavy atom. The van der Waals surface area contributed by atoms with Gasteiger partial charge in [0.2, 0.25) is 5.91 Å². The second kappa shape index (κ2) is 6.23. The lowest BCUT2D eigenvalue weighted by molar-refractivity contribution is -0.131. The molecule has 0 radical (unpaired) electrons. The molecule has 3 heterocycles. The van der Waals surface area contributed by atoms with Crippen molar-refractivity contribution in [1.82, 2.24) is 24.4 Å². The molecule has 0 bridgehead atoms. The topological polar surface area (TPSA) is 104 Å². The van der Waals surface area contributed by atoms with Crippen LogP contribution in [0.3, 0.4) is 0 Å². The van der Waals surface area contributed by atoms with Crippen LogP contribution in [0.1, 0.15) is 30.1 Å². The van der Waals surface area contributed by atoms with Crippen molar-refractivity contribution in [3.05, 3.63) is 50.8 Å². The maximum atomic E-state index is 12.5. The molecular formula is C15H19N5O3. The number of carbonyl (C=O) groups excluding carboxylic acids is 1. The van der Waals surface area contributed by atoms with Gasteiger partial charge in [-0.3, -0.25) is 14.2 Å². The lowest BCUT2D eigenvalue weighted by atomic mass is 9.97. The van der Waals surface area contributed by atoms with E-state index in [-0.39, 0.29) is 18.2 Å². The van der Waals surface area contributed by atoms with Crippen LogP contribution in [-0.2, 0) is 18.3 Å². The molecule has 1 saturated heterocycles. The Kier molecular flexibility index (Phi) is 4.14. The molecule has 1 amide bonds. The molecule has 0 aliphatic carbocycles. The number of rotatable bonds is 3. The quantitative estimate of drug-likeness (QED) is 0.814. The van der Waals surface area contributed by atoms with Crippen molar-refractivity contribution in [2.75, 3.05) is 13.1 Å². The van der Waals surface area contributed by atoms with Gasteiger partial charge in [-0.1, -0.05) is 0 Å². The second-order valence-corrected chi connectivity index (χ2v) is 5.81. The van der Waals surface area contributed by atoms with Crippen molar-refractivity contribution in [2.24, 2.45) is 7.05 Å². The highest BCUT2D eigenvalue weighted by molar-refractivity contribution is 5.78. The molecule has 1 aliphatic heterocycles. The molecule has 0 spiro atoms. The molecular weight excluding hydrogens is 298 g/mol. The van der Waals surface area contributed by atoms with Gasteiger partial charge in [-0.2, -0.15) is 0 Å². The number of aromatic amines is 2. The van der Waals surface area contributed by atoms with E-state index in [0.717, 1.165) is 23.2 Å². The molecule has 2 aromatic heterocycles. The lowest BCUT2D eigenvalue weighted by Crippen LogP contribution is -2.42. The number of likely N-dealkylation sites (tertiary alicyclic amines) is 1. The number of carbonyl (C=O) groups is 1. The van der Waals surface area contributed by atoms with Gasteiger partial charge in [0, 0.05) is 50.2 Å². The van der Waals surface area contributed by atoms with Crippen molar-refractivity contribution in [2.45, 2.75) is 25.2 Å². The van der Waals surface area contributed by atoms with E-state index >= 15 is 0 Å². The first-order valence-electron chi connectivity index (χ1n) is 7.61. The van der Waals surface area contributed by atoms with Crippen LogP contribution in [0.15, 0.2) is 28.2 Å². The summed E-state index contributed by atoms with van der Waals surface area (Å²) in [4.78, 5) is 47.5. The van der Waals surface area contributed by atoms with E-state index in [4.69, 9.17) is 0 Å². The number of imidazole rings is 1. The molecule has 0 saturated carbocycles. The number of H-pyrrole nitrogens is 2. The van der Waals surface area contributed by atoms with E-state index in [1.54, 1.807) is 17.3 Å². The average molecular weight is 317 g/mol. The molecule has 2 N–H and O–H groups in total. The van der Waals surface area contributed by atoms with Gasteiger partial charge in [-0.25, -0.2) is 9.78 Å². The normalized spacial score (nSPS) is 18.1. The monoisotopic (exact) mass is 317 g/mol. The largest absolute Gasteiger partial charge is 0.348 e. The van der Waals surface area contributed by atoms with E-state index < -0.39 is 11.2 Å². The molecule has 3 rings (SSSR count). The Labute approximate surface area is 132 Å². The summed E-state index contributed by atoms with van der Waals surface area (Å²) in [5.74, 6) is 0.981. The minimum atomic E-state index is -0.484. The van der Waals surface area contributed by atoms with Crippen LogP contribution in [0, 0.1) is 0 Å². The second-order valence-electron chi connectivity index (χ2n) is 5.81. The van der Waals surface area contributed by atoms with Gasteiger partial charge in [-0.15, -0.1) is 0 Å². The third-order valence-electron chi connectivity index (χ3n) is 4.28. The molecule has 1 atom stereocenters. The fraction of sp³-hybridized carbons (Fsp3) is 0.467. The van der Waals surface area contributed by atoms with Crippen LogP contribution in [0.2, 0.25) is 0 Å². The molecule has 8 heteroatoms. The van der Waals surface area contributed by atoms with Crippen LogP contribution < -0.4 is 11.2 Å². The molecule has 0 aromatic carbocycles. The van der Waals surface area contributed by atoms with Gasteiger partial charge in [-0.05, 0) is 12.8 Å². The van der Waals surface area contributed by atoms with Gasteiger partial charge in [0.25, 0.3) is 5.56 Å². The Hall–Kier alpha value is -2.64. The molecule has 1 fully saturated rings. The minimum absolute atomic E-state index is 0.00563. The Bertz CT molecular complexity index is 805. The molecule has 122 valence electrons. The van der Waals surface area contributed by atoms with Gasteiger partial charge < -0.3 is 14.9 Å². The van der Waals surface area contributed by atoms with Crippen molar-refractivity contribution < 1.29 is 4.79 Å². The first-order valence-corrected chi connectivity index (χ1v) is 7.61. The molecule has 8 nitrogen and oxygen atoms in total. The van der Waals surface area contributed by atoms with E-state index in [0.29, 0.717) is 18.7 Å². The van der Waals surface area contributed by atoms with Crippen LogP contribution in [0.5, 0.6) is 0 Å². The van der Waals surface area contributed by atoms with Gasteiger partial charge >= 0.3 is 5.69 Å². The number of nitrogens with zero attached hydrogens (tertiary/aromatic N) is 3. The summed E-state index contributed by atoms with van der Waals surface area (Å²) in [6.07, 6.45) is 6.70. The fourth-order valence-corrected chi connectivity index (χ4v) is 2.94. The smallest absolute Gasteiger partial charge is 0.328 e. The van der Waals surface area contributed by atoms with Crippen molar-refractivity contribution in [3.63, 3.8) is 0 Å². The maximum absolute atomic E-state index is 12.5. The fourth-order valence-electron chi connectivity index (χ4n) is 2.94. The first kappa shape index (κ1) is 15.3. The number of hydrogen-bond donors (Lipinski definition) is 2. The highest BCUT2D eigenvalue weighted by Gasteiger charge is 2.26. The molecule has 1 aliphatic rings. The minimum Gasteiger partial charge on any atom is -0.348 e. The standard InChI is InChI=1S/C15H19N5O3/c1-19-14(22)11(8-18-15(19)23)7-12(21)20-6-2-3-10(9-20)13-16-4-5-17-13/h4-5,8,10H,2-3,6-7,9H2,1H3,(H,16,17)(H,18,23). The zero-order chi connectivity index (χ0) is 16.4. The predicted octanol–water partition coefficient (Wildman–Crippen LogP) is -0.255. The van der Waals surface area contributed by atoms with Crippen molar-refractivity contribution in [3.8, 4) is 0 Å². The van der Waals surface area contributed by atoms with E-state index in [9.17, 15) is 14.4 Å². The first-order chi connectivity index (χ1) is 11.1. The number of piperidine rings is 1. The average Bonchev–Trinajstić information content (AvgIpc) is 3.10. The lowest BCUT2D eigenvalue weighted by Gasteiger charge is -2.32. The molecule has 1 unspecified atom stereocenters. The highest BCUT2D eigenvalue weighted by Crippen LogP contribution is 2.24. The summed E-state index contributed by atoms with van der Waals surface area (Å²) in [5.41, 5.74) is -0.610. The third kappa shape index (κ3) is 3.10. The van der Waals surface area contributed by atoms with Gasteiger partial charge in [0.1, 0.15) is 5.82 Å². The Morgan fingerprint density at radius 2 is 2.22 bits per heavy atom. The Morgan fingerprint density at radius 1 is 1.39 bits per heavy atom. The van der Waals surface area contributed by atoms with Gasteiger partial charge in [0.15, 0.2) is 0 Å². The third-order valence-corrected chi connectivity index (χ3v) is 4.28. The summed E-state index contributed by atoms with van der Waals surface area (Å²) >= 11 is 0. The van der Waals surface area contributed by atoms with Gasteiger partial charge in [0.05, 0.1) is 6.42 Å². The number of nitrogens with one attached hydrogen (secondary N) is 2. The number of amides is 1. The van der Waals surface area contributed by atoms with Crippen molar-refractivity contribution >= 4 is 5.91 Å². The van der Waals surface area contributed by atoms with Crippen LogP contribution in [0.4, 0.5) is 0 Å². The van der Waals surface area contributed by atoms with Crippen molar-refractivity contribution in [1.29, 1.82) is 0 Å². The Balaban J connectivity index is 1.72. The molecule has 23 heavy (non-hydrogen) atoms. The van der Waals surface area contributed by atoms with Crippen LogP contribution >= 0.6 is 0 Å². The van der Waals surface area contributed by atoms with E-state index in [2.05, 4.69) is 15.0 Å². The van der Waals surface area contributed by atoms with E-state index in [1.165, 1.54) is 13.2 Å².